The van der Waals surface area contributed by atoms with Crippen molar-refractivity contribution in [3.63, 3.8) is 0 Å². The summed E-state index contributed by atoms with van der Waals surface area (Å²) in [7, 11) is 0. The Labute approximate surface area is 108 Å². The predicted octanol–water partition coefficient (Wildman–Crippen LogP) is 0.577. The summed E-state index contributed by atoms with van der Waals surface area (Å²) >= 11 is 0. The molecular weight excluding hydrogens is 230 g/mol. The highest BCUT2D eigenvalue weighted by molar-refractivity contribution is 5.82. The zero-order valence-corrected chi connectivity index (χ0v) is 11.1. The highest BCUT2D eigenvalue weighted by Crippen LogP contribution is 2.32. The van der Waals surface area contributed by atoms with Gasteiger partial charge in [0.25, 0.3) is 0 Å². The maximum absolute atomic E-state index is 12.0. The number of morpholine rings is 1. The van der Waals surface area contributed by atoms with Crippen LogP contribution in [0.4, 0.5) is 0 Å². The van der Waals surface area contributed by atoms with Gasteiger partial charge in [-0.2, -0.15) is 5.26 Å². The Morgan fingerprint density at radius 2 is 2.17 bits per heavy atom. The lowest BCUT2D eigenvalue weighted by molar-refractivity contribution is -0.135. The summed E-state index contributed by atoms with van der Waals surface area (Å²) in [6.07, 6.45) is 0.921. The van der Waals surface area contributed by atoms with Crippen LogP contribution < -0.4 is 5.32 Å². The number of hydrogen-bond acceptors (Lipinski definition) is 4. The largest absolute Gasteiger partial charge is 0.379 e. The molecule has 1 N–H and O–H groups in total. The van der Waals surface area contributed by atoms with Crippen LogP contribution in [-0.2, 0) is 9.53 Å². The van der Waals surface area contributed by atoms with Crippen molar-refractivity contribution in [2.75, 3.05) is 26.3 Å². The van der Waals surface area contributed by atoms with Crippen molar-refractivity contribution in [1.82, 2.24) is 10.2 Å². The Morgan fingerprint density at radius 3 is 2.72 bits per heavy atom. The average molecular weight is 251 g/mol. The summed E-state index contributed by atoms with van der Waals surface area (Å²) in [5.41, 5.74) is 0. The molecule has 0 spiro atoms. The molecule has 1 amide bonds. The number of nitrogens with one attached hydrogen (secondary N) is 1. The van der Waals surface area contributed by atoms with Crippen molar-refractivity contribution in [2.24, 2.45) is 17.8 Å². The Kier molecular flexibility index (Phi) is 4.20. The molecule has 5 nitrogen and oxygen atoms in total. The fourth-order valence-corrected chi connectivity index (χ4v) is 3.14. The van der Waals surface area contributed by atoms with Crippen molar-refractivity contribution in [1.29, 1.82) is 5.26 Å². The smallest absolute Gasteiger partial charge is 0.238 e. The second kappa shape index (κ2) is 5.68. The van der Waals surface area contributed by atoms with Crippen LogP contribution in [0.2, 0.25) is 0 Å². The van der Waals surface area contributed by atoms with Crippen molar-refractivity contribution in [3.05, 3.63) is 0 Å². The third-order valence-electron chi connectivity index (χ3n) is 4.22. The second-order valence-corrected chi connectivity index (χ2v) is 5.14. The highest BCUT2D eigenvalue weighted by atomic mass is 16.5. The summed E-state index contributed by atoms with van der Waals surface area (Å²) in [4.78, 5) is 14.3. The SMILES string of the molecule is CC[C@H]1[C@H](C)[C@H](N2CCOCC2)NC(=O)[C@H]1C#N. The maximum Gasteiger partial charge on any atom is 0.238 e. The zero-order valence-electron chi connectivity index (χ0n) is 11.1. The molecule has 2 aliphatic rings. The Bertz CT molecular complexity index is 347. The molecule has 2 rings (SSSR count). The minimum absolute atomic E-state index is 0.0518. The lowest BCUT2D eigenvalue weighted by Crippen LogP contribution is -2.62. The number of carbonyl (C=O) groups excluding carboxylic acids is 1. The Hall–Kier alpha value is -1.12. The third-order valence-corrected chi connectivity index (χ3v) is 4.22. The fraction of sp³-hybridized carbons (Fsp3) is 0.846. The lowest BCUT2D eigenvalue weighted by atomic mass is 9.76. The third kappa shape index (κ3) is 2.36. The molecule has 2 aliphatic heterocycles. The van der Waals surface area contributed by atoms with Crippen LogP contribution in [0.15, 0.2) is 0 Å². The maximum atomic E-state index is 12.0. The van der Waals surface area contributed by atoms with E-state index < -0.39 is 5.92 Å². The number of hydrogen-bond donors (Lipinski definition) is 1. The van der Waals surface area contributed by atoms with Crippen LogP contribution in [0, 0.1) is 29.1 Å². The van der Waals surface area contributed by atoms with Gasteiger partial charge in [-0.3, -0.25) is 9.69 Å². The average Bonchev–Trinajstić information content (AvgIpc) is 2.41. The molecule has 0 saturated carbocycles. The van der Waals surface area contributed by atoms with Gasteiger partial charge in [-0.15, -0.1) is 0 Å². The first-order chi connectivity index (χ1) is 8.69. The molecule has 0 aromatic heterocycles. The summed E-state index contributed by atoms with van der Waals surface area (Å²) < 4.78 is 5.34. The first-order valence-electron chi connectivity index (χ1n) is 6.70. The number of carbonyl (C=O) groups is 1. The fourth-order valence-electron chi connectivity index (χ4n) is 3.14. The van der Waals surface area contributed by atoms with Crippen LogP contribution >= 0.6 is 0 Å². The van der Waals surface area contributed by atoms with Crippen molar-refractivity contribution >= 4 is 5.91 Å². The molecule has 0 radical (unpaired) electrons. The van der Waals surface area contributed by atoms with Gasteiger partial charge in [0.1, 0.15) is 5.92 Å². The van der Waals surface area contributed by atoms with Crippen LogP contribution in [-0.4, -0.2) is 43.3 Å². The number of ether oxygens (including phenoxy) is 1. The minimum atomic E-state index is -0.498. The molecule has 5 heteroatoms. The number of amides is 1. The molecule has 0 unspecified atom stereocenters. The van der Waals surface area contributed by atoms with E-state index in [0.29, 0.717) is 5.92 Å². The van der Waals surface area contributed by atoms with Gasteiger partial charge >= 0.3 is 0 Å². The molecule has 100 valence electrons. The van der Waals surface area contributed by atoms with Gasteiger partial charge < -0.3 is 10.1 Å². The molecule has 0 bridgehead atoms. The minimum Gasteiger partial charge on any atom is -0.379 e. The highest BCUT2D eigenvalue weighted by Gasteiger charge is 2.43. The molecule has 0 aliphatic carbocycles. The van der Waals surface area contributed by atoms with E-state index >= 15 is 0 Å². The number of piperidine rings is 1. The monoisotopic (exact) mass is 251 g/mol. The Morgan fingerprint density at radius 1 is 1.50 bits per heavy atom. The lowest BCUT2D eigenvalue weighted by Gasteiger charge is -2.45. The Balaban J connectivity index is 2.13. The van der Waals surface area contributed by atoms with Gasteiger partial charge in [-0.25, -0.2) is 0 Å². The van der Waals surface area contributed by atoms with E-state index in [-0.39, 0.29) is 18.0 Å². The molecule has 18 heavy (non-hydrogen) atoms. The topological polar surface area (TPSA) is 65.4 Å². The van der Waals surface area contributed by atoms with Gasteiger partial charge in [-0.1, -0.05) is 20.3 Å². The van der Waals surface area contributed by atoms with Gasteiger partial charge in [0.05, 0.1) is 25.4 Å². The number of nitriles is 1. The number of nitrogens with zero attached hydrogens (tertiary/aromatic N) is 2. The van der Waals surface area contributed by atoms with E-state index in [1.807, 2.05) is 0 Å². The normalized spacial score (nSPS) is 37.9. The summed E-state index contributed by atoms with van der Waals surface area (Å²) in [5.74, 6) is -0.159. The first kappa shape index (κ1) is 13.3. The van der Waals surface area contributed by atoms with Crippen LogP contribution in [0.1, 0.15) is 20.3 Å². The molecule has 2 fully saturated rings. The molecule has 0 aromatic rings. The van der Waals surface area contributed by atoms with E-state index in [2.05, 4.69) is 30.1 Å². The zero-order chi connectivity index (χ0) is 13.1. The van der Waals surface area contributed by atoms with Gasteiger partial charge in [0.2, 0.25) is 5.91 Å². The van der Waals surface area contributed by atoms with E-state index in [4.69, 9.17) is 10.00 Å². The predicted molar refractivity (Wildman–Crippen MR) is 66.4 cm³/mol. The summed E-state index contributed by atoms with van der Waals surface area (Å²) in [5, 5.41) is 12.1. The van der Waals surface area contributed by atoms with Crippen molar-refractivity contribution in [2.45, 2.75) is 26.4 Å². The van der Waals surface area contributed by atoms with Gasteiger partial charge in [0.15, 0.2) is 0 Å². The van der Waals surface area contributed by atoms with Crippen LogP contribution in [0.3, 0.4) is 0 Å². The van der Waals surface area contributed by atoms with E-state index in [0.717, 1.165) is 32.7 Å². The van der Waals surface area contributed by atoms with E-state index in [1.165, 1.54) is 0 Å². The van der Waals surface area contributed by atoms with E-state index in [9.17, 15) is 4.79 Å². The molecule has 2 saturated heterocycles. The van der Waals surface area contributed by atoms with E-state index in [1.54, 1.807) is 0 Å². The van der Waals surface area contributed by atoms with Crippen molar-refractivity contribution < 1.29 is 9.53 Å². The second-order valence-electron chi connectivity index (χ2n) is 5.14. The van der Waals surface area contributed by atoms with Crippen LogP contribution in [0.5, 0.6) is 0 Å². The van der Waals surface area contributed by atoms with Crippen LogP contribution in [0.25, 0.3) is 0 Å². The molecular formula is C13H21N3O2. The molecule has 4 atom stereocenters. The van der Waals surface area contributed by atoms with Gasteiger partial charge in [0, 0.05) is 13.1 Å². The number of rotatable bonds is 2. The van der Waals surface area contributed by atoms with Gasteiger partial charge in [-0.05, 0) is 11.8 Å². The van der Waals surface area contributed by atoms with Crippen molar-refractivity contribution in [3.8, 4) is 6.07 Å². The standard InChI is InChI=1S/C13H21N3O2/c1-3-10-9(2)12(15-13(17)11(10)8-14)16-4-6-18-7-5-16/h9-12H,3-7H2,1-2H3,(H,15,17)/t9-,10-,11-,12-/m0/s1. The summed E-state index contributed by atoms with van der Waals surface area (Å²) in [6.45, 7) is 7.33. The first-order valence-corrected chi connectivity index (χ1v) is 6.70. The molecule has 2 heterocycles. The summed E-state index contributed by atoms with van der Waals surface area (Å²) in [6, 6.07) is 2.15. The molecule has 0 aromatic carbocycles. The quantitative estimate of drug-likeness (QED) is 0.779.